The average Bonchev–Trinajstić information content (AvgIpc) is 3.45. The number of carbonyl (C=O) groups is 2. The Morgan fingerprint density at radius 3 is 2.00 bits per heavy atom. The molecule has 0 spiro atoms. The summed E-state index contributed by atoms with van der Waals surface area (Å²) in [7, 11) is 0. The molecule has 1 aliphatic rings. The van der Waals surface area contributed by atoms with Gasteiger partial charge in [-0.25, -0.2) is 0 Å². The highest BCUT2D eigenvalue weighted by Crippen LogP contribution is 2.31. The van der Waals surface area contributed by atoms with Crippen LogP contribution in [0.25, 0.3) is 0 Å². The summed E-state index contributed by atoms with van der Waals surface area (Å²) in [5.74, 6) is -0.312. The highest BCUT2D eigenvalue weighted by Gasteiger charge is 2.26. The van der Waals surface area contributed by atoms with Crippen molar-refractivity contribution in [3.8, 4) is 0 Å². The number of halogens is 1. The number of nitrogens with zero attached hydrogens (tertiary/aromatic N) is 2. The van der Waals surface area contributed by atoms with E-state index < -0.39 is 5.92 Å². The van der Waals surface area contributed by atoms with E-state index in [1.165, 1.54) is 6.26 Å². The summed E-state index contributed by atoms with van der Waals surface area (Å²) in [6.45, 7) is 2.46. The first-order valence-electron chi connectivity index (χ1n) is 11.9. The molecule has 1 fully saturated rings. The third-order valence-corrected chi connectivity index (χ3v) is 6.69. The Hall–Kier alpha value is -4.03. The van der Waals surface area contributed by atoms with Crippen LogP contribution in [-0.4, -0.2) is 42.9 Å². The van der Waals surface area contributed by atoms with Gasteiger partial charge in [-0.15, -0.1) is 0 Å². The molecule has 0 radical (unpaired) electrons. The van der Waals surface area contributed by atoms with Gasteiger partial charge in [-0.05, 0) is 41.5 Å². The van der Waals surface area contributed by atoms with E-state index in [4.69, 9.17) is 16.0 Å². The molecule has 1 aliphatic heterocycles. The first-order chi connectivity index (χ1) is 17.6. The molecule has 0 bridgehead atoms. The molecule has 1 aromatic heterocycles. The molecule has 2 amide bonds. The quantitative estimate of drug-likeness (QED) is 0.371. The molecule has 1 saturated heterocycles. The number of furan rings is 1. The molecule has 0 aliphatic carbocycles. The number of hydrogen-bond acceptors (Lipinski definition) is 4. The topological polar surface area (TPSA) is 65.8 Å². The molecule has 36 heavy (non-hydrogen) atoms. The van der Waals surface area contributed by atoms with Crippen LogP contribution in [0.2, 0.25) is 5.02 Å². The van der Waals surface area contributed by atoms with Crippen LogP contribution < -0.4 is 10.2 Å². The van der Waals surface area contributed by atoms with E-state index in [9.17, 15) is 9.59 Å². The van der Waals surface area contributed by atoms with E-state index >= 15 is 0 Å². The van der Waals surface area contributed by atoms with Crippen LogP contribution >= 0.6 is 11.6 Å². The van der Waals surface area contributed by atoms with Gasteiger partial charge < -0.3 is 19.5 Å². The second-order valence-electron chi connectivity index (χ2n) is 8.67. The van der Waals surface area contributed by atoms with Crippen molar-refractivity contribution in [3.05, 3.63) is 119 Å². The van der Waals surface area contributed by atoms with Crippen molar-refractivity contribution in [2.45, 2.75) is 5.92 Å². The van der Waals surface area contributed by atoms with Crippen molar-refractivity contribution in [1.29, 1.82) is 0 Å². The molecule has 0 unspecified atom stereocenters. The third kappa shape index (κ3) is 5.14. The zero-order valence-electron chi connectivity index (χ0n) is 19.6. The lowest BCUT2D eigenvalue weighted by Gasteiger charge is -2.36. The minimum Gasteiger partial charge on any atom is -0.459 e. The van der Waals surface area contributed by atoms with Gasteiger partial charge in [0.25, 0.3) is 5.91 Å². The smallest absolute Gasteiger partial charge is 0.289 e. The fourth-order valence-corrected chi connectivity index (χ4v) is 4.85. The molecule has 0 atom stereocenters. The Kier molecular flexibility index (Phi) is 7.05. The molecule has 3 aromatic carbocycles. The molecule has 2 heterocycles. The van der Waals surface area contributed by atoms with Gasteiger partial charge in [0, 0.05) is 31.9 Å². The maximum Gasteiger partial charge on any atom is 0.289 e. The summed E-state index contributed by atoms with van der Waals surface area (Å²) in [6.07, 6.45) is 1.51. The lowest BCUT2D eigenvalue weighted by Crippen LogP contribution is -2.48. The number of anilines is 2. The fraction of sp³-hybridized carbons (Fsp3) is 0.172. The minimum absolute atomic E-state index is 0.102. The van der Waals surface area contributed by atoms with E-state index in [2.05, 4.69) is 10.2 Å². The molecule has 7 heteroatoms. The zero-order chi connectivity index (χ0) is 24.9. The number of hydrogen-bond donors (Lipinski definition) is 1. The highest BCUT2D eigenvalue weighted by atomic mass is 35.5. The molecular formula is C29H26ClN3O3. The molecule has 0 saturated carbocycles. The van der Waals surface area contributed by atoms with Crippen molar-refractivity contribution < 1.29 is 14.0 Å². The highest BCUT2D eigenvalue weighted by molar-refractivity contribution is 6.33. The van der Waals surface area contributed by atoms with E-state index in [-0.39, 0.29) is 11.8 Å². The minimum atomic E-state index is -0.439. The van der Waals surface area contributed by atoms with Crippen LogP contribution in [0.1, 0.15) is 27.6 Å². The van der Waals surface area contributed by atoms with Crippen LogP contribution in [0, 0.1) is 0 Å². The van der Waals surface area contributed by atoms with Crippen LogP contribution in [0.4, 0.5) is 11.4 Å². The second-order valence-corrected chi connectivity index (χ2v) is 9.07. The van der Waals surface area contributed by atoms with E-state index in [1.54, 1.807) is 23.1 Å². The first-order valence-corrected chi connectivity index (χ1v) is 12.3. The Balaban J connectivity index is 1.27. The maximum atomic E-state index is 13.4. The van der Waals surface area contributed by atoms with Gasteiger partial charge in [0.1, 0.15) is 0 Å². The van der Waals surface area contributed by atoms with Gasteiger partial charge in [0.2, 0.25) is 5.91 Å². The van der Waals surface area contributed by atoms with E-state index in [0.717, 1.165) is 16.8 Å². The number of nitrogens with one attached hydrogen (secondary N) is 1. The van der Waals surface area contributed by atoms with Gasteiger partial charge in [-0.3, -0.25) is 9.59 Å². The third-order valence-electron chi connectivity index (χ3n) is 6.38. The summed E-state index contributed by atoms with van der Waals surface area (Å²) < 4.78 is 5.24. The van der Waals surface area contributed by atoms with Gasteiger partial charge >= 0.3 is 0 Å². The summed E-state index contributed by atoms with van der Waals surface area (Å²) in [6, 6.07) is 28.4. The van der Waals surface area contributed by atoms with Gasteiger partial charge in [-0.1, -0.05) is 72.3 Å². The van der Waals surface area contributed by atoms with Gasteiger partial charge in [-0.2, -0.15) is 0 Å². The SMILES string of the molecule is O=C(Nc1ccc(N2CCN(C(=O)c3ccco3)CC2)c(Cl)c1)C(c1ccccc1)c1ccccc1. The summed E-state index contributed by atoms with van der Waals surface area (Å²) >= 11 is 6.65. The Morgan fingerprint density at radius 1 is 0.806 bits per heavy atom. The normalized spacial score (nSPS) is 13.6. The first kappa shape index (κ1) is 23.7. The van der Waals surface area contributed by atoms with Gasteiger partial charge in [0.05, 0.1) is 22.9 Å². The number of rotatable bonds is 6. The molecule has 4 aromatic rings. The maximum absolute atomic E-state index is 13.4. The predicted molar refractivity (Wildman–Crippen MR) is 142 cm³/mol. The van der Waals surface area contributed by atoms with Gasteiger partial charge in [0.15, 0.2) is 5.76 Å². The average molecular weight is 500 g/mol. The Bertz CT molecular complexity index is 1280. The van der Waals surface area contributed by atoms with Crippen LogP contribution in [0.5, 0.6) is 0 Å². The van der Waals surface area contributed by atoms with Crippen molar-refractivity contribution in [2.75, 3.05) is 36.4 Å². The van der Waals surface area contributed by atoms with Crippen molar-refractivity contribution in [2.24, 2.45) is 0 Å². The van der Waals surface area contributed by atoms with Crippen molar-refractivity contribution in [3.63, 3.8) is 0 Å². The van der Waals surface area contributed by atoms with Crippen LogP contribution in [-0.2, 0) is 4.79 Å². The van der Waals surface area contributed by atoms with Crippen LogP contribution in [0.3, 0.4) is 0 Å². The standard InChI is InChI=1S/C29H26ClN3O3/c30-24-20-23(31-28(34)27(21-8-3-1-4-9-21)22-10-5-2-6-11-22)13-14-25(24)32-15-17-33(18-16-32)29(35)26-12-7-19-36-26/h1-14,19-20,27H,15-18H2,(H,31,34). The van der Waals surface area contributed by atoms with Crippen LogP contribution in [0.15, 0.2) is 102 Å². The van der Waals surface area contributed by atoms with Crippen molar-refractivity contribution in [1.82, 2.24) is 4.90 Å². The molecule has 5 rings (SSSR count). The molecule has 1 N–H and O–H groups in total. The number of piperazine rings is 1. The summed E-state index contributed by atoms with van der Waals surface area (Å²) in [4.78, 5) is 29.9. The predicted octanol–water partition coefficient (Wildman–Crippen LogP) is 5.67. The lowest BCUT2D eigenvalue weighted by atomic mass is 9.90. The lowest BCUT2D eigenvalue weighted by molar-refractivity contribution is -0.116. The molecular weight excluding hydrogens is 474 g/mol. The van der Waals surface area contributed by atoms with E-state index in [1.807, 2.05) is 72.8 Å². The monoisotopic (exact) mass is 499 g/mol. The number of carbonyl (C=O) groups excluding carboxylic acids is 2. The fourth-order valence-electron chi connectivity index (χ4n) is 4.55. The summed E-state index contributed by atoms with van der Waals surface area (Å²) in [5.41, 5.74) is 3.36. The Morgan fingerprint density at radius 2 is 1.44 bits per heavy atom. The second kappa shape index (κ2) is 10.7. The number of amides is 2. The Labute approximate surface area is 215 Å². The molecule has 6 nitrogen and oxygen atoms in total. The largest absolute Gasteiger partial charge is 0.459 e. The van der Waals surface area contributed by atoms with E-state index in [0.29, 0.717) is 42.6 Å². The molecule has 182 valence electrons. The summed E-state index contributed by atoms with van der Waals surface area (Å²) in [5, 5.41) is 3.59. The zero-order valence-corrected chi connectivity index (χ0v) is 20.4. The van der Waals surface area contributed by atoms with Crippen molar-refractivity contribution >= 4 is 34.8 Å². The number of benzene rings is 3.